The van der Waals surface area contributed by atoms with Crippen molar-refractivity contribution in [1.29, 1.82) is 0 Å². The summed E-state index contributed by atoms with van der Waals surface area (Å²) < 4.78 is 38.4. The number of hydrogen-bond acceptors (Lipinski definition) is 8. The highest BCUT2D eigenvalue weighted by atomic mass is 32.2. The number of amides is 1. The van der Waals surface area contributed by atoms with Gasteiger partial charge in [0.1, 0.15) is 10.7 Å². The highest BCUT2D eigenvalue weighted by Gasteiger charge is 2.28. The van der Waals surface area contributed by atoms with E-state index in [2.05, 4.69) is 0 Å². The fourth-order valence-corrected chi connectivity index (χ4v) is 5.35. The fourth-order valence-electron chi connectivity index (χ4n) is 4.16. The van der Waals surface area contributed by atoms with Crippen molar-refractivity contribution in [2.24, 2.45) is 0 Å². The third-order valence-electron chi connectivity index (χ3n) is 6.31. The summed E-state index contributed by atoms with van der Waals surface area (Å²) in [4.78, 5) is 26.5. The van der Waals surface area contributed by atoms with Crippen LogP contribution in [0.2, 0.25) is 0 Å². The topological polar surface area (TPSA) is 126 Å². The number of carbonyl (C=O) groups is 1. The number of piperazine rings is 1. The van der Waals surface area contributed by atoms with Crippen LogP contribution < -0.4 is 9.64 Å². The minimum atomic E-state index is -3.74. The van der Waals surface area contributed by atoms with Crippen LogP contribution >= 0.6 is 0 Å². The fraction of sp³-hybridized carbons (Fsp3) is 0.320. The summed E-state index contributed by atoms with van der Waals surface area (Å²) in [5.74, 6) is -0.494. The van der Waals surface area contributed by atoms with Crippen molar-refractivity contribution in [3.05, 3.63) is 82.1 Å². The molecule has 0 aliphatic carbocycles. The lowest BCUT2D eigenvalue weighted by molar-refractivity contribution is -0.402. The number of likely N-dealkylation sites (N-methyl/N-ethyl adjacent to an activating group) is 1. The molecule has 3 aromatic rings. The van der Waals surface area contributed by atoms with Crippen LogP contribution in [-0.2, 0) is 16.4 Å². The lowest BCUT2D eigenvalue weighted by Gasteiger charge is -2.36. The van der Waals surface area contributed by atoms with E-state index in [1.54, 1.807) is 24.1 Å². The van der Waals surface area contributed by atoms with E-state index in [4.69, 9.17) is 9.15 Å². The molecule has 37 heavy (non-hydrogen) atoms. The molecule has 1 aliphatic rings. The van der Waals surface area contributed by atoms with E-state index in [-0.39, 0.29) is 10.7 Å². The Morgan fingerprint density at radius 3 is 2.41 bits per heavy atom. The third-order valence-corrected chi connectivity index (χ3v) is 8.16. The second-order valence-corrected chi connectivity index (χ2v) is 10.6. The maximum atomic E-state index is 13.3. The quantitative estimate of drug-likeness (QED) is 0.306. The number of carbonyl (C=O) groups excluding carboxylic acids is 1. The minimum Gasteiger partial charge on any atom is -0.495 e. The zero-order chi connectivity index (χ0) is 26.6. The molecular formula is C25H28N4O7S. The van der Waals surface area contributed by atoms with Crippen molar-refractivity contribution in [3.63, 3.8) is 0 Å². The number of furan rings is 1. The summed E-state index contributed by atoms with van der Waals surface area (Å²) in [7, 11) is -0.664. The molecule has 12 heteroatoms. The van der Waals surface area contributed by atoms with E-state index in [9.17, 15) is 23.3 Å². The highest BCUT2D eigenvalue weighted by molar-refractivity contribution is 7.89. The molecule has 4 rings (SSSR count). The van der Waals surface area contributed by atoms with Crippen LogP contribution in [-0.4, -0.2) is 75.3 Å². The number of anilines is 1. The summed E-state index contributed by atoms with van der Waals surface area (Å²) >= 11 is 0. The SMILES string of the molecule is COc1ccc(S(=O)(=O)N(C)CCc2ccccc2)cc1N1CCN(C(=O)c2ccc([N+](=O)[O-])o2)CC1. The van der Waals surface area contributed by atoms with Crippen LogP contribution in [0.1, 0.15) is 16.1 Å². The van der Waals surface area contributed by atoms with E-state index < -0.39 is 26.7 Å². The van der Waals surface area contributed by atoms with Gasteiger partial charge < -0.3 is 19.0 Å². The molecule has 1 saturated heterocycles. The van der Waals surface area contributed by atoms with Crippen LogP contribution in [0.5, 0.6) is 5.75 Å². The molecular weight excluding hydrogens is 500 g/mol. The Balaban J connectivity index is 1.46. The Bertz CT molecular complexity index is 1370. The highest BCUT2D eigenvalue weighted by Crippen LogP contribution is 2.33. The standard InChI is InChI=1S/C25H28N4O7S/c1-26(13-12-19-6-4-3-5-7-19)37(33,34)20-8-9-22(35-2)21(18-20)27-14-16-28(17-15-27)25(30)23-10-11-24(36-23)29(31)32/h3-11,18H,12-17H2,1-2H3. The molecule has 0 spiro atoms. The van der Waals surface area contributed by atoms with Gasteiger partial charge >= 0.3 is 5.88 Å². The molecule has 0 unspecified atom stereocenters. The van der Waals surface area contributed by atoms with Gasteiger partial charge in [-0.15, -0.1) is 0 Å². The lowest BCUT2D eigenvalue weighted by atomic mass is 10.2. The van der Waals surface area contributed by atoms with E-state index in [1.807, 2.05) is 35.2 Å². The molecule has 0 saturated carbocycles. The van der Waals surface area contributed by atoms with Gasteiger partial charge in [0, 0.05) is 39.8 Å². The van der Waals surface area contributed by atoms with Crippen LogP contribution in [0.15, 0.2) is 70.0 Å². The number of sulfonamides is 1. The summed E-state index contributed by atoms with van der Waals surface area (Å²) in [5, 5.41) is 10.8. The zero-order valence-corrected chi connectivity index (χ0v) is 21.4. The van der Waals surface area contributed by atoms with Gasteiger partial charge in [-0.1, -0.05) is 30.3 Å². The van der Waals surface area contributed by atoms with Gasteiger partial charge in [-0.05, 0) is 36.2 Å². The molecule has 2 heterocycles. The van der Waals surface area contributed by atoms with Gasteiger partial charge in [-0.25, -0.2) is 12.7 Å². The Morgan fingerprint density at radius 2 is 1.78 bits per heavy atom. The number of methoxy groups -OCH3 is 1. The second-order valence-electron chi connectivity index (χ2n) is 8.57. The number of hydrogen-bond donors (Lipinski definition) is 0. The second kappa shape index (κ2) is 11.0. The third kappa shape index (κ3) is 5.75. The molecule has 2 aromatic carbocycles. The number of ether oxygens (including phenoxy) is 1. The minimum absolute atomic E-state index is 0.0932. The summed E-state index contributed by atoms with van der Waals surface area (Å²) in [5.41, 5.74) is 1.66. The average molecular weight is 529 g/mol. The first kappa shape index (κ1) is 26.2. The van der Waals surface area contributed by atoms with Crippen molar-refractivity contribution in [3.8, 4) is 5.75 Å². The van der Waals surface area contributed by atoms with Gasteiger partial charge in [0.15, 0.2) is 5.76 Å². The molecule has 1 amide bonds. The molecule has 1 fully saturated rings. The smallest absolute Gasteiger partial charge is 0.433 e. The average Bonchev–Trinajstić information content (AvgIpc) is 3.42. The first-order valence-corrected chi connectivity index (χ1v) is 13.1. The van der Waals surface area contributed by atoms with Gasteiger partial charge in [0.25, 0.3) is 5.91 Å². The molecule has 0 N–H and O–H groups in total. The molecule has 196 valence electrons. The molecule has 0 radical (unpaired) electrons. The predicted molar refractivity (Wildman–Crippen MR) is 136 cm³/mol. The molecule has 1 aliphatic heterocycles. The molecule has 0 bridgehead atoms. The Kier molecular flexibility index (Phi) is 7.79. The summed E-state index contributed by atoms with van der Waals surface area (Å²) in [6.45, 7) is 1.81. The normalized spacial score (nSPS) is 14.1. The van der Waals surface area contributed by atoms with Crippen molar-refractivity contribution in [2.45, 2.75) is 11.3 Å². The molecule has 11 nitrogen and oxygen atoms in total. The first-order valence-electron chi connectivity index (χ1n) is 11.7. The summed E-state index contributed by atoms with van der Waals surface area (Å²) in [6, 6.07) is 16.9. The van der Waals surface area contributed by atoms with Crippen molar-refractivity contribution in [1.82, 2.24) is 9.21 Å². The van der Waals surface area contributed by atoms with Crippen molar-refractivity contribution in [2.75, 3.05) is 51.8 Å². The van der Waals surface area contributed by atoms with E-state index in [1.165, 1.54) is 23.5 Å². The van der Waals surface area contributed by atoms with Crippen LogP contribution in [0, 0.1) is 10.1 Å². The van der Waals surface area contributed by atoms with Gasteiger partial charge in [-0.3, -0.25) is 14.9 Å². The maximum absolute atomic E-state index is 13.3. The van der Waals surface area contributed by atoms with Crippen LogP contribution in [0.25, 0.3) is 0 Å². The monoisotopic (exact) mass is 528 g/mol. The van der Waals surface area contributed by atoms with Gasteiger partial charge in [0.2, 0.25) is 10.0 Å². The number of rotatable bonds is 9. The van der Waals surface area contributed by atoms with E-state index in [0.29, 0.717) is 50.6 Å². The Labute approximate surface area is 215 Å². The van der Waals surface area contributed by atoms with E-state index >= 15 is 0 Å². The van der Waals surface area contributed by atoms with Crippen molar-refractivity contribution >= 4 is 27.5 Å². The van der Waals surface area contributed by atoms with Gasteiger partial charge in [0.05, 0.1) is 23.8 Å². The predicted octanol–water partition coefficient (Wildman–Crippen LogP) is 3.02. The number of nitrogens with zero attached hydrogens (tertiary/aromatic N) is 4. The van der Waals surface area contributed by atoms with Gasteiger partial charge in [-0.2, -0.15) is 0 Å². The lowest BCUT2D eigenvalue weighted by Crippen LogP contribution is -2.48. The largest absolute Gasteiger partial charge is 0.495 e. The summed E-state index contributed by atoms with van der Waals surface area (Å²) in [6.07, 6.45) is 0.592. The van der Waals surface area contributed by atoms with E-state index in [0.717, 1.165) is 11.6 Å². The number of benzene rings is 2. The van der Waals surface area contributed by atoms with Crippen LogP contribution in [0.4, 0.5) is 11.6 Å². The van der Waals surface area contributed by atoms with Crippen LogP contribution in [0.3, 0.4) is 0 Å². The maximum Gasteiger partial charge on any atom is 0.433 e. The molecule has 0 atom stereocenters. The zero-order valence-electron chi connectivity index (χ0n) is 20.6. The number of nitro groups is 1. The molecule has 1 aromatic heterocycles. The Hall–Kier alpha value is -3.90. The Morgan fingerprint density at radius 1 is 1.08 bits per heavy atom. The first-order chi connectivity index (χ1) is 17.7. The van der Waals surface area contributed by atoms with Crippen molar-refractivity contribution < 1.29 is 27.3 Å².